The van der Waals surface area contributed by atoms with Gasteiger partial charge in [-0.15, -0.1) is 0 Å². The van der Waals surface area contributed by atoms with Gasteiger partial charge in [0.15, 0.2) is 5.65 Å². The molecule has 0 spiro atoms. The minimum Gasteiger partial charge on any atom is -0.392 e. The van der Waals surface area contributed by atoms with Gasteiger partial charge >= 0.3 is 0 Å². The van der Waals surface area contributed by atoms with E-state index < -0.39 is 5.60 Å². The number of imidazole rings is 1. The molecule has 3 aromatic rings. The molecule has 0 unspecified atom stereocenters. The van der Waals surface area contributed by atoms with Crippen molar-refractivity contribution in [3.8, 4) is 11.4 Å². The van der Waals surface area contributed by atoms with Gasteiger partial charge in [-0.05, 0) is 51.4 Å². The van der Waals surface area contributed by atoms with E-state index in [2.05, 4.69) is 20.7 Å². The molecule has 1 fully saturated rings. The summed E-state index contributed by atoms with van der Waals surface area (Å²) in [5.74, 6) is 0.816. The molecule has 8 nitrogen and oxygen atoms in total. The third-order valence-corrected chi connectivity index (χ3v) is 4.98. The first-order valence-corrected chi connectivity index (χ1v) is 9.62. The van der Waals surface area contributed by atoms with Crippen molar-refractivity contribution in [3.05, 3.63) is 41.7 Å². The lowest BCUT2D eigenvalue weighted by atomic mass is 10.0. The molecule has 0 aromatic carbocycles. The molecule has 4 N–H and O–H groups in total. The van der Waals surface area contributed by atoms with Crippen LogP contribution in [0.1, 0.15) is 37.9 Å². The number of nitrogens with one attached hydrogen (secondary N) is 2. The van der Waals surface area contributed by atoms with Gasteiger partial charge < -0.3 is 20.8 Å². The van der Waals surface area contributed by atoms with Gasteiger partial charge in [0, 0.05) is 18.2 Å². The Labute approximate surface area is 163 Å². The Morgan fingerprint density at radius 2 is 2.21 bits per heavy atom. The summed E-state index contributed by atoms with van der Waals surface area (Å²) < 4.78 is 1.67. The van der Waals surface area contributed by atoms with E-state index in [0.717, 1.165) is 43.1 Å². The first-order valence-electron chi connectivity index (χ1n) is 9.62. The second-order valence-electron chi connectivity index (χ2n) is 7.74. The number of anilines is 1. The molecule has 0 saturated carbocycles. The number of aliphatic hydroxyl groups excluding tert-OH is 1. The van der Waals surface area contributed by atoms with E-state index in [1.165, 1.54) is 0 Å². The number of hydrogen-bond acceptors (Lipinski definition) is 7. The van der Waals surface area contributed by atoms with Crippen molar-refractivity contribution in [1.29, 1.82) is 0 Å². The van der Waals surface area contributed by atoms with Crippen molar-refractivity contribution in [3.63, 3.8) is 0 Å². The lowest BCUT2D eigenvalue weighted by Gasteiger charge is -2.24. The number of aromatic nitrogens is 4. The van der Waals surface area contributed by atoms with Crippen LogP contribution >= 0.6 is 0 Å². The lowest BCUT2D eigenvalue weighted by molar-refractivity contribution is 0.0697. The number of rotatable bonds is 5. The maximum absolute atomic E-state index is 10.4. The van der Waals surface area contributed by atoms with E-state index in [4.69, 9.17) is 4.98 Å². The van der Waals surface area contributed by atoms with Gasteiger partial charge in [0.2, 0.25) is 0 Å². The molecule has 4 rings (SSSR count). The van der Waals surface area contributed by atoms with Gasteiger partial charge in [0.25, 0.3) is 0 Å². The fraction of sp³-hybridized carbons (Fsp3) is 0.450. The zero-order valence-corrected chi connectivity index (χ0v) is 16.2. The number of piperidine rings is 1. The Bertz CT molecular complexity index is 972. The average molecular weight is 382 g/mol. The van der Waals surface area contributed by atoms with Gasteiger partial charge in [-0.1, -0.05) is 6.07 Å². The van der Waals surface area contributed by atoms with Gasteiger partial charge in [-0.2, -0.15) is 5.10 Å². The maximum Gasteiger partial charge on any atom is 0.154 e. The number of fused-ring (bicyclic) bond motifs is 1. The summed E-state index contributed by atoms with van der Waals surface area (Å²) in [5.41, 5.74) is 1.87. The SMILES string of the molecule is CC(C)(O)c1nn2c(-c3cccc(N[C@@H]4CCCNC4)n3)cnc2cc1CO. The summed E-state index contributed by atoms with van der Waals surface area (Å²) in [7, 11) is 0. The fourth-order valence-corrected chi connectivity index (χ4v) is 3.60. The molecule has 0 bridgehead atoms. The summed E-state index contributed by atoms with van der Waals surface area (Å²) >= 11 is 0. The standard InChI is InChI=1S/C20H26N6O2/c1-20(2,28)19-13(12-27)9-18-22-11-16(26(18)25-19)15-6-3-7-17(24-15)23-14-5-4-8-21-10-14/h3,6-7,9,11,14,21,27-28H,4-5,8,10,12H2,1-2H3,(H,23,24)/t14-/m1/s1. The zero-order valence-electron chi connectivity index (χ0n) is 16.2. The first-order chi connectivity index (χ1) is 13.5. The van der Waals surface area contributed by atoms with Crippen molar-refractivity contribution in [2.75, 3.05) is 18.4 Å². The minimum atomic E-state index is -1.18. The van der Waals surface area contributed by atoms with E-state index >= 15 is 0 Å². The van der Waals surface area contributed by atoms with Crippen molar-refractivity contribution < 1.29 is 10.2 Å². The molecule has 0 aliphatic carbocycles. The van der Waals surface area contributed by atoms with Gasteiger partial charge in [-0.3, -0.25) is 0 Å². The van der Waals surface area contributed by atoms with Crippen LogP contribution in [0.15, 0.2) is 30.5 Å². The summed E-state index contributed by atoms with van der Waals surface area (Å²) in [4.78, 5) is 9.15. The molecular weight excluding hydrogens is 356 g/mol. The molecule has 3 aromatic heterocycles. The third kappa shape index (κ3) is 3.71. The van der Waals surface area contributed by atoms with Crippen molar-refractivity contribution in [2.45, 2.75) is 44.9 Å². The Morgan fingerprint density at radius 1 is 1.36 bits per heavy atom. The van der Waals surface area contributed by atoms with Crippen LogP contribution in [0.4, 0.5) is 5.82 Å². The van der Waals surface area contributed by atoms with E-state index in [1.54, 1.807) is 30.6 Å². The Balaban J connectivity index is 1.72. The van der Waals surface area contributed by atoms with Crippen molar-refractivity contribution >= 4 is 11.5 Å². The maximum atomic E-state index is 10.4. The van der Waals surface area contributed by atoms with Crippen LogP contribution in [0, 0.1) is 0 Å². The van der Waals surface area contributed by atoms with Gasteiger partial charge in [-0.25, -0.2) is 14.5 Å². The van der Waals surface area contributed by atoms with Crippen molar-refractivity contribution in [2.24, 2.45) is 0 Å². The predicted molar refractivity (Wildman–Crippen MR) is 107 cm³/mol. The highest BCUT2D eigenvalue weighted by atomic mass is 16.3. The molecule has 4 heterocycles. The molecule has 0 amide bonds. The zero-order chi connectivity index (χ0) is 19.7. The van der Waals surface area contributed by atoms with Crippen LogP contribution in [-0.2, 0) is 12.2 Å². The van der Waals surface area contributed by atoms with Crippen LogP contribution in [0.5, 0.6) is 0 Å². The highest BCUT2D eigenvalue weighted by Crippen LogP contribution is 2.26. The minimum absolute atomic E-state index is 0.210. The highest BCUT2D eigenvalue weighted by Gasteiger charge is 2.24. The average Bonchev–Trinajstić information content (AvgIpc) is 3.10. The van der Waals surface area contributed by atoms with E-state index in [-0.39, 0.29) is 6.61 Å². The molecule has 148 valence electrons. The van der Waals surface area contributed by atoms with E-state index in [1.807, 2.05) is 18.2 Å². The van der Waals surface area contributed by atoms with E-state index in [9.17, 15) is 10.2 Å². The monoisotopic (exact) mass is 382 g/mol. The predicted octanol–water partition coefficient (Wildman–Crippen LogP) is 1.67. The quantitative estimate of drug-likeness (QED) is 0.532. The summed E-state index contributed by atoms with van der Waals surface area (Å²) in [6, 6.07) is 7.95. The third-order valence-electron chi connectivity index (χ3n) is 4.98. The number of pyridine rings is 1. The summed E-state index contributed by atoms with van der Waals surface area (Å²) in [5, 5.41) is 31.5. The molecule has 1 saturated heterocycles. The lowest BCUT2D eigenvalue weighted by Crippen LogP contribution is -2.38. The Hall–Kier alpha value is -2.55. The molecule has 8 heteroatoms. The number of hydrogen-bond donors (Lipinski definition) is 4. The van der Waals surface area contributed by atoms with Crippen LogP contribution in [0.2, 0.25) is 0 Å². The smallest absolute Gasteiger partial charge is 0.154 e. The van der Waals surface area contributed by atoms with Crippen LogP contribution in [0.3, 0.4) is 0 Å². The second-order valence-corrected chi connectivity index (χ2v) is 7.74. The van der Waals surface area contributed by atoms with Gasteiger partial charge in [0.1, 0.15) is 17.1 Å². The molecule has 1 atom stereocenters. The summed E-state index contributed by atoms with van der Waals surface area (Å²) in [6.07, 6.45) is 3.99. The van der Waals surface area contributed by atoms with Crippen LogP contribution in [0.25, 0.3) is 17.0 Å². The highest BCUT2D eigenvalue weighted by molar-refractivity contribution is 5.62. The molecule has 1 aliphatic heterocycles. The molecule has 28 heavy (non-hydrogen) atoms. The number of nitrogens with zero attached hydrogens (tertiary/aromatic N) is 4. The first kappa shape index (κ1) is 18.8. The molecule has 0 radical (unpaired) electrons. The topological polar surface area (TPSA) is 108 Å². The normalized spacial score (nSPS) is 17.8. The van der Waals surface area contributed by atoms with Crippen LogP contribution < -0.4 is 10.6 Å². The van der Waals surface area contributed by atoms with Gasteiger partial charge in [0.05, 0.1) is 24.2 Å². The van der Waals surface area contributed by atoms with E-state index in [0.29, 0.717) is 22.9 Å². The Kier molecular flexibility index (Phi) is 5.01. The fourth-order valence-electron chi connectivity index (χ4n) is 3.60. The van der Waals surface area contributed by atoms with Crippen LogP contribution in [-0.4, -0.2) is 48.9 Å². The largest absolute Gasteiger partial charge is 0.392 e. The molecular formula is C20H26N6O2. The second kappa shape index (κ2) is 7.46. The Morgan fingerprint density at radius 3 is 2.93 bits per heavy atom. The van der Waals surface area contributed by atoms with Crippen molar-refractivity contribution in [1.82, 2.24) is 24.9 Å². The molecule has 1 aliphatic rings. The number of aliphatic hydroxyl groups is 2. The summed E-state index contributed by atoms with van der Waals surface area (Å²) in [6.45, 7) is 5.09.